The van der Waals surface area contributed by atoms with Crippen LogP contribution in [0, 0.1) is 13.8 Å². The quantitative estimate of drug-likeness (QED) is 0.183. The third-order valence-corrected chi connectivity index (χ3v) is 12.0. The number of carbonyl (C=O) groups is 5. The molecule has 1 fully saturated rings. The van der Waals surface area contributed by atoms with Crippen molar-refractivity contribution in [3.8, 4) is 5.75 Å². The lowest BCUT2D eigenvalue weighted by Crippen LogP contribution is -2.68. The molecular formula is C35H48N6O7S2. The van der Waals surface area contributed by atoms with Crippen LogP contribution in [0.2, 0.25) is 0 Å². The second-order valence-electron chi connectivity index (χ2n) is 13.7. The Kier molecular flexibility index (Phi) is 12.5. The largest absolute Gasteiger partial charge is 0.508 e. The van der Waals surface area contributed by atoms with E-state index in [0.29, 0.717) is 11.5 Å². The number of phenols is 1. The summed E-state index contributed by atoms with van der Waals surface area (Å²) in [7, 11) is 0. The molecule has 2 aliphatic rings. The Morgan fingerprint density at radius 1 is 1.06 bits per heavy atom. The molecule has 50 heavy (non-hydrogen) atoms. The van der Waals surface area contributed by atoms with E-state index in [9.17, 15) is 34.2 Å². The minimum absolute atomic E-state index is 0.120. The van der Waals surface area contributed by atoms with E-state index < -0.39 is 70.1 Å². The van der Waals surface area contributed by atoms with E-state index >= 15 is 0 Å². The monoisotopic (exact) mass is 728 g/mol. The predicted octanol–water partition coefficient (Wildman–Crippen LogP) is 0.112. The summed E-state index contributed by atoms with van der Waals surface area (Å²) in [5, 5.41) is 31.2. The van der Waals surface area contributed by atoms with Gasteiger partial charge < -0.3 is 42.9 Å². The fourth-order valence-corrected chi connectivity index (χ4v) is 8.75. The number of nitrogens with one attached hydrogen (secondary N) is 4. The molecule has 1 heterocycles. The molecule has 0 bridgehead atoms. The summed E-state index contributed by atoms with van der Waals surface area (Å²) >= 11 is 2.85. The Bertz CT molecular complexity index is 1590. The molecule has 5 atom stereocenters. The zero-order valence-corrected chi connectivity index (χ0v) is 30.6. The van der Waals surface area contributed by atoms with E-state index in [4.69, 9.17) is 11.5 Å². The molecule has 0 aromatic heterocycles. The second kappa shape index (κ2) is 16.0. The molecule has 13 nitrogen and oxygen atoms in total. The molecule has 1 saturated heterocycles. The number of aryl methyl sites for hydroxylation is 2. The van der Waals surface area contributed by atoms with Gasteiger partial charge >= 0.3 is 0 Å². The van der Waals surface area contributed by atoms with Crippen LogP contribution in [0.4, 0.5) is 0 Å². The van der Waals surface area contributed by atoms with Gasteiger partial charge in [0.2, 0.25) is 29.5 Å². The van der Waals surface area contributed by atoms with Crippen LogP contribution in [-0.4, -0.2) is 97.6 Å². The lowest BCUT2D eigenvalue weighted by Gasteiger charge is -2.38. The molecular weight excluding hydrogens is 681 g/mol. The first kappa shape index (κ1) is 39.0. The Morgan fingerprint density at radius 2 is 1.66 bits per heavy atom. The summed E-state index contributed by atoms with van der Waals surface area (Å²) in [6.07, 6.45) is -0.827. The van der Waals surface area contributed by atoms with Crippen molar-refractivity contribution in [1.82, 2.24) is 21.3 Å². The van der Waals surface area contributed by atoms with Gasteiger partial charge in [-0.05, 0) is 81.0 Å². The summed E-state index contributed by atoms with van der Waals surface area (Å²) in [5.74, 6) is -1.98. The zero-order chi connectivity index (χ0) is 37.0. The number of hydrogen-bond donors (Lipinski definition) is 8. The van der Waals surface area contributed by atoms with E-state index in [1.165, 1.54) is 30.4 Å². The SMILES string of the molecule is Cc1cc(O)cc(C)c1CC(N)C(=O)NC1CSCCSC(C)(C)C(C(=O)NC(C(N)=O)C(C)O)NC(=O)C2(Cc3ccccc3C2)NC1=O. The van der Waals surface area contributed by atoms with Crippen molar-refractivity contribution in [3.63, 3.8) is 0 Å². The van der Waals surface area contributed by atoms with Gasteiger partial charge in [0, 0.05) is 34.8 Å². The van der Waals surface area contributed by atoms with Crippen molar-refractivity contribution in [2.24, 2.45) is 11.5 Å². The van der Waals surface area contributed by atoms with Crippen LogP contribution in [-0.2, 0) is 43.2 Å². The maximum Gasteiger partial charge on any atom is 0.247 e. The van der Waals surface area contributed by atoms with Gasteiger partial charge in [0.1, 0.15) is 29.4 Å². The van der Waals surface area contributed by atoms with Crippen molar-refractivity contribution >= 4 is 53.1 Å². The van der Waals surface area contributed by atoms with Crippen LogP contribution in [0.15, 0.2) is 36.4 Å². The topological polar surface area (TPSA) is 226 Å². The van der Waals surface area contributed by atoms with Crippen LogP contribution in [0.25, 0.3) is 0 Å². The van der Waals surface area contributed by atoms with Crippen molar-refractivity contribution < 1.29 is 34.2 Å². The lowest BCUT2D eigenvalue weighted by molar-refractivity contribution is -0.138. The number of aromatic hydroxyl groups is 1. The number of aliphatic hydroxyl groups excluding tert-OH is 1. The van der Waals surface area contributed by atoms with Crippen LogP contribution in [0.3, 0.4) is 0 Å². The Hall–Kier alpha value is -3.79. The number of fused-ring (bicyclic) bond motifs is 1. The van der Waals surface area contributed by atoms with E-state index in [1.807, 2.05) is 38.1 Å². The smallest absolute Gasteiger partial charge is 0.247 e. The first-order valence-corrected chi connectivity index (χ1v) is 18.6. The first-order valence-electron chi connectivity index (χ1n) is 16.5. The Morgan fingerprint density at radius 3 is 2.22 bits per heavy atom. The van der Waals surface area contributed by atoms with E-state index in [1.54, 1.807) is 26.0 Å². The summed E-state index contributed by atoms with van der Waals surface area (Å²) in [5.41, 5.74) is 14.4. The Balaban J connectivity index is 1.64. The molecule has 272 valence electrons. The third-order valence-electron chi connectivity index (χ3n) is 9.28. The fraction of sp³-hybridized carbons (Fsp3) is 0.514. The third kappa shape index (κ3) is 9.11. The van der Waals surface area contributed by atoms with E-state index in [0.717, 1.165) is 27.8 Å². The average Bonchev–Trinajstić information content (AvgIpc) is 3.41. The Labute approximate surface area is 300 Å². The highest BCUT2D eigenvalue weighted by Crippen LogP contribution is 2.34. The summed E-state index contributed by atoms with van der Waals surface area (Å²) in [6, 6.07) is 6.03. The number of rotatable bonds is 8. The number of carbonyl (C=O) groups excluding carboxylic acids is 5. The van der Waals surface area contributed by atoms with Crippen molar-refractivity contribution in [3.05, 3.63) is 64.2 Å². The summed E-state index contributed by atoms with van der Waals surface area (Å²) in [6.45, 7) is 8.57. The van der Waals surface area contributed by atoms with Crippen molar-refractivity contribution in [2.45, 2.75) is 94.4 Å². The maximum atomic E-state index is 14.5. The molecule has 0 saturated carbocycles. The van der Waals surface area contributed by atoms with Crippen molar-refractivity contribution in [2.75, 3.05) is 17.3 Å². The molecule has 5 unspecified atom stereocenters. The molecule has 2 aromatic rings. The summed E-state index contributed by atoms with van der Waals surface area (Å²) < 4.78 is -0.906. The van der Waals surface area contributed by atoms with Gasteiger partial charge in [-0.2, -0.15) is 23.5 Å². The average molecular weight is 729 g/mol. The molecule has 15 heteroatoms. The van der Waals surface area contributed by atoms with E-state index in [2.05, 4.69) is 21.3 Å². The van der Waals surface area contributed by atoms with Gasteiger partial charge in [0.15, 0.2) is 0 Å². The first-order chi connectivity index (χ1) is 23.4. The minimum Gasteiger partial charge on any atom is -0.508 e. The molecule has 1 aliphatic heterocycles. The number of amides is 5. The number of hydrogen-bond acceptors (Lipinski definition) is 10. The van der Waals surface area contributed by atoms with Gasteiger partial charge in [-0.1, -0.05) is 24.3 Å². The maximum absolute atomic E-state index is 14.5. The minimum atomic E-state index is -1.52. The summed E-state index contributed by atoms with van der Waals surface area (Å²) in [4.78, 5) is 67.8. The number of benzene rings is 2. The van der Waals surface area contributed by atoms with Gasteiger partial charge in [0.05, 0.1) is 12.1 Å². The number of aliphatic hydroxyl groups is 1. The van der Waals surface area contributed by atoms with Gasteiger partial charge in [-0.3, -0.25) is 24.0 Å². The number of nitrogens with two attached hydrogens (primary N) is 2. The second-order valence-corrected chi connectivity index (χ2v) is 16.6. The highest BCUT2D eigenvalue weighted by molar-refractivity contribution is 8.03. The van der Waals surface area contributed by atoms with Gasteiger partial charge in [-0.25, -0.2) is 0 Å². The highest BCUT2D eigenvalue weighted by Gasteiger charge is 2.49. The number of phenolic OH excluding ortho intramolecular Hbond substituents is 1. The van der Waals surface area contributed by atoms with Crippen molar-refractivity contribution in [1.29, 1.82) is 0 Å². The molecule has 4 rings (SSSR count). The van der Waals surface area contributed by atoms with Crippen LogP contribution in [0.1, 0.15) is 48.6 Å². The van der Waals surface area contributed by atoms with Crippen LogP contribution < -0.4 is 32.7 Å². The molecule has 10 N–H and O–H groups in total. The standard InChI is InChI=1S/C35H48N6O7S2/c1-18-12-23(43)13-19(2)24(18)14-25(36)30(45)38-26-17-49-10-11-50-34(4,5)28(32(47)39-27(20(3)42)29(37)44)40-33(48)35(41-31(26)46)15-21-8-6-7-9-22(21)16-35/h6-9,12-13,20,25-28,42-43H,10-11,14-17,36H2,1-5H3,(H2,37,44)(H,38,45)(H,39,47)(H,40,48)(H,41,46). The zero-order valence-electron chi connectivity index (χ0n) is 29.0. The molecule has 2 aromatic carbocycles. The van der Waals surface area contributed by atoms with E-state index in [-0.39, 0.29) is 30.8 Å². The molecule has 1 aliphatic carbocycles. The molecule has 0 radical (unpaired) electrons. The van der Waals surface area contributed by atoms with Gasteiger partial charge in [0.25, 0.3) is 0 Å². The predicted molar refractivity (Wildman–Crippen MR) is 195 cm³/mol. The van der Waals surface area contributed by atoms with Crippen LogP contribution >= 0.6 is 23.5 Å². The normalized spacial score (nSPS) is 22.3. The highest BCUT2D eigenvalue weighted by atomic mass is 32.2. The lowest BCUT2D eigenvalue weighted by atomic mass is 9.91. The number of thioether (sulfide) groups is 2. The fourth-order valence-electron chi connectivity index (χ4n) is 6.45. The molecule has 5 amide bonds. The van der Waals surface area contributed by atoms with Crippen LogP contribution in [0.5, 0.6) is 5.75 Å². The van der Waals surface area contributed by atoms with Gasteiger partial charge in [-0.15, -0.1) is 0 Å². The number of primary amides is 1. The molecule has 1 spiro atoms.